The van der Waals surface area contributed by atoms with Gasteiger partial charge in [0.15, 0.2) is 6.10 Å². The van der Waals surface area contributed by atoms with E-state index >= 15 is 0 Å². The van der Waals surface area contributed by atoms with Crippen molar-refractivity contribution in [1.29, 1.82) is 0 Å². The lowest BCUT2D eigenvalue weighted by Crippen LogP contribution is -2.09. The molecule has 0 saturated carbocycles. The van der Waals surface area contributed by atoms with Gasteiger partial charge in [0.2, 0.25) is 11.7 Å². The molecule has 0 spiro atoms. The molecule has 0 N–H and O–H groups in total. The number of methoxy groups -OCH3 is 1. The minimum absolute atomic E-state index is 0.137. The summed E-state index contributed by atoms with van der Waals surface area (Å²) in [6.07, 6.45) is -0.726. The van der Waals surface area contributed by atoms with Crippen molar-refractivity contribution in [3.8, 4) is 17.2 Å². The molecule has 2 aromatic carbocycles. The number of benzene rings is 2. The first kappa shape index (κ1) is 18.7. The lowest BCUT2D eigenvalue weighted by Gasteiger charge is -2.08. The number of esters is 1. The number of fused-ring (bicyclic) bond motifs is 1. The fourth-order valence-electron chi connectivity index (χ4n) is 3.00. The molecule has 7 nitrogen and oxygen atoms in total. The van der Waals surface area contributed by atoms with Crippen molar-refractivity contribution in [2.45, 2.75) is 26.9 Å². The van der Waals surface area contributed by atoms with E-state index in [1.807, 2.05) is 37.3 Å². The van der Waals surface area contributed by atoms with Crippen LogP contribution >= 0.6 is 0 Å². The van der Waals surface area contributed by atoms with Gasteiger partial charge in [-0.2, -0.15) is 0 Å². The van der Waals surface area contributed by atoms with Crippen molar-refractivity contribution in [2.75, 3.05) is 7.11 Å². The number of hydrogen-bond donors (Lipinski definition) is 0. The van der Waals surface area contributed by atoms with Crippen molar-refractivity contribution in [3.05, 3.63) is 65.2 Å². The zero-order chi connectivity index (χ0) is 20.5. The van der Waals surface area contributed by atoms with Gasteiger partial charge >= 0.3 is 5.97 Å². The Labute approximate surface area is 167 Å². The summed E-state index contributed by atoms with van der Waals surface area (Å²) in [5.74, 6) is 0.807. The van der Waals surface area contributed by atoms with E-state index in [0.29, 0.717) is 22.8 Å². The number of hydrogen-bond acceptors (Lipinski definition) is 7. The molecule has 0 unspecified atom stereocenters. The third-order valence-electron chi connectivity index (χ3n) is 4.70. The molecule has 148 valence electrons. The number of carbonyl (C=O) groups excluding carboxylic acids is 1. The van der Waals surface area contributed by atoms with E-state index in [1.54, 1.807) is 33.1 Å². The van der Waals surface area contributed by atoms with Gasteiger partial charge in [-0.3, -0.25) is 0 Å². The molecule has 2 aromatic heterocycles. The summed E-state index contributed by atoms with van der Waals surface area (Å²) >= 11 is 0. The van der Waals surface area contributed by atoms with E-state index in [2.05, 4.69) is 10.2 Å². The second kappa shape index (κ2) is 7.43. The third-order valence-corrected chi connectivity index (χ3v) is 4.70. The second-order valence-electron chi connectivity index (χ2n) is 6.78. The Hall–Kier alpha value is -3.61. The molecule has 29 heavy (non-hydrogen) atoms. The van der Waals surface area contributed by atoms with E-state index in [4.69, 9.17) is 18.3 Å². The minimum atomic E-state index is -0.726. The van der Waals surface area contributed by atoms with Crippen LogP contribution in [0.3, 0.4) is 0 Å². The van der Waals surface area contributed by atoms with Gasteiger partial charge in [0.05, 0.1) is 7.11 Å². The molecule has 0 aliphatic heterocycles. The highest BCUT2D eigenvalue weighted by atomic mass is 16.6. The molecule has 0 aliphatic rings. The van der Waals surface area contributed by atoms with Gasteiger partial charge in [-0.15, -0.1) is 10.2 Å². The SMILES string of the molecule is COc1ccc2oc(C(=O)O[C@H](C)c3nnc(-c4ccc(C)cc4)o3)c(C)c2c1. The summed E-state index contributed by atoms with van der Waals surface area (Å²) in [7, 11) is 1.59. The highest BCUT2D eigenvalue weighted by Crippen LogP contribution is 2.30. The first-order valence-corrected chi connectivity index (χ1v) is 9.15. The van der Waals surface area contributed by atoms with E-state index in [1.165, 1.54) is 0 Å². The van der Waals surface area contributed by atoms with Crippen molar-refractivity contribution in [3.63, 3.8) is 0 Å². The van der Waals surface area contributed by atoms with Crippen LogP contribution < -0.4 is 4.74 Å². The molecule has 1 atom stereocenters. The number of aryl methyl sites for hydroxylation is 2. The summed E-state index contributed by atoms with van der Waals surface area (Å²) < 4.78 is 22.1. The maximum Gasteiger partial charge on any atom is 0.375 e. The van der Waals surface area contributed by atoms with E-state index in [9.17, 15) is 4.79 Å². The topological polar surface area (TPSA) is 87.6 Å². The molecular weight excluding hydrogens is 372 g/mol. The van der Waals surface area contributed by atoms with Gasteiger partial charge in [-0.1, -0.05) is 17.7 Å². The minimum Gasteiger partial charge on any atom is -0.497 e. The van der Waals surface area contributed by atoms with Gasteiger partial charge in [0, 0.05) is 16.5 Å². The van der Waals surface area contributed by atoms with E-state index in [-0.39, 0.29) is 11.7 Å². The lowest BCUT2D eigenvalue weighted by atomic mass is 10.1. The lowest BCUT2D eigenvalue weighted by molar-refractivity contribution is 0.0245. The van der Waals surface area contributed by atoms with Crippen LogP contribution in [0.1, 0.15) is 40.6 Å². The molecule has 0 fully saturated rings. The maximum absolute atomic E-state index is 12.7. The first-order valence-electron chi connectivity index (χ1n) is 9.15. The number of aromatic nitrogens is 2. The average molecular weight is 392 g/mol. The number of nitrogens with zero attached hydrogens (tertiary/aromatic N) is 2. The summed E-state index contributed by atoms with van der Waals surface area (Å²) in [4.78, 5) is 12.7. The third kappa shape index (κ3) is 3.59. The van der Waals surface area contributed by atoms with Gasteiger partial charge in [-0.25, -0.2) is 4.79 Å². The molecule has 7 heteroatoms. The normalized spacial score (nSPS) is 12.1. The van der Waals surface area contributed by atoms with Gasteiger partial charge in [-0.05, 0) is 51.1 Å². The predicted molar refractivity (Wildman–Crippen MR) is 106 cm³/mol. The molecule has 4 rings (SSSR count). The molecule has 0 amide bonds. The van der Waals surface area contributed by atoms with Crippen LogP contribution in [-0.2, 0) is 4.74 Å². The second-order valence-corrected chi connectivity index (χ2v) is 6.78. The Balaban J connectivity index is 1.53. The highest BCUT2D eigenvalue weighted by Gasteiger charge is 2.24. The van der Waals surface area contributed by atoms with Crippen LogP contribution in [-0.4, -0.2) is 23.3 Å². The Morgan fingerprint density at radius 2 is 1.79 bits per heavy atom. The van der Waals surface area contributed by atoms with Crippen molar-refractivity contribution >= 4 is 16.9 Å². The number of furan rings is 1. The first-order chi connectivity index (χ1) is 14.0. The van der Waals surface area contributed by atoms with Crippen LogP contribution in [0.4, 0.5) is 0 Å². The van der Waals surface area contributed by atoms with Gasteiger partial charge < -0.3 is 18.3 Å². The Morgan fingerprint density at radius 3 is 2.52 bits per heavy atom. The Kier molecular flexibility index (Phi) is 4.80. The summed E-state index contributed by atoms with van der Waals surface area (Å²) in [6, 6.07) is 13.1. The smallest absolute Gasteiger partial charge is 0.375 e. The van der Waals surface area contributed by atoms with Crippen LogP contribution in [0.15, 0.2) is 51.3 Å². The van der Waals surface area contributed by atoms with Crippen LogP contribution in [0.25, 0.3) is 22.4 Å². The molecule has 2 heterocycles. The predicted octanol–water partition coefficient (Wildman–Crippen LogP) is 5.03. The van der Waals surface area contributed by atoms with E-state index < -0.39 is 12.1 Å². The summed E-state index contributed by atoms with van der Waals surface area (Å²) in [5.41, 5.74) is 3.20. The molecular formula is C22H20N2O5. The van der Waals surface area contributed by atoms with Crippen LogP contribution in [0.5, 0.6) is 5.75 Å². The average Bonchev–Trinajstić information content (AvgIpc) is 3.34. The monoisotopic (exact) mass is 392 g/mol. The van der Waals surface area contributed by atoms with Crippen LogP contribution in [0, 0.1) is 13.8 Å². The van der Waals surface area contributed by atoms with E-state index in [0.717, 1.165) is 16.5 Å². The molecule has 0 aliphatic carbocycles. The molecule has 0 bridgehead atoms. The number of carbonyl (C=O) groups is 1. The highest BCUT2D eigenvalue weighted by molar-refractivity contribution is 5.96. The summed E-state index contributed by atoms with van der Waals surface area (Å²) in [5, 5.41) is 8.85. The van der Waals surface area contributed by atoms with Crippen LogP contribution in [0.2, 0.25) is 0 Å². The van der Waals surface area contributed by atoms with Crippen molar-refractivity contribution < 1.29 is 23.1 Å². The molecule has 0 saturated heterocycles. The fraction of sp³-hybridized carbons (Fsp3) is 0.227. The molecule has 0 radical (unpaired) electrons. The van der Waals surface area contributed by atoms with Gasteiger partial charge in [0.25, 0.3) is 5.89 Å². The quantitative estimate of drug-likeness (QED) is 0.440. The number of ether oxygens (including phenoxy) is 2. The van der Waals surface area contributed by atoms with Gasteiger partial charge in [0.1, 0.15) is 11.3 Å². The Bertz CT molecular complexity index is 1170. The zero-order valence-corrected chi connectivity index (χ0v) is 16.6. The maximum atomic E-state index is 12.7. The van der Waals surface area contributed by atoms with Crippen molar-refractivity contribution in [2.24, 2.45) is 0 Å². The standard InChI is InChI=1S/C22H20N2O5/c1-12-5-7-15(8-6-12)21-24-23-20(29-21)14(3)27-22(25)19-13(2)17-11-16(26-4)9-10-18(17)28-19/h5-11,14H,1-4H3/t14-/m1/s1. The largest absolute Gasteiger partial charge is 0.497 e. The summed E-state index contributed by atoms with van der Waals surface area (Å²) in [6.45, 7) is 5.47. The zero-order valence-electron chi connectivity index (χ0n) is 16.6. The Morgan fingerprint density at radius 1 is 1.03 bits per heavy atom. The fourth-order valence-corrected chi connectivity index (χ4v) is 3.00. The van der Waals surface area contributed by atoms with Crippen molar-refractivity contribution in [1.82, 2.24) is 10.2 Å². The molecule has 4 aromatic rings. The number of rotatable bonds is 5.